The Balaban J connectivity index is 1.88. The summed E-state index contributed by atoms with van der Waals surface area (Å²) >= 11 is 0. The molecule has 0 fully saturated rings. The molecule has 0 aromatic heterocycles. The number of phenolic OH excluding ortho intramolecular Hbond substituents is 1. The first kappa shape index (κ1) is 14.2. The molecule has 0 amide bonds. The number of benzene rings is 2. The number of nitrogens with one attached hydrogen (secondary N) is 1. The number of ether oxygens (including phenoxy) is 2. The molecule has 0 aliphatic carbocycles. The summed E-state index contributed by atoms with van der Waals surface area (Å²) < 4.78 is 10.2. The van der Waals surface area contributed by atoms with Gasteiger partial charge in [0, 0.05) is 13.1 Å². The number of hydrogen-bond donors (Lipinski definition) is 2. The van der Waals surface area contributed by atoms with E-state index in [4.69, 9.17) is 9.47 Å². The quantitative estimate of drug-likeness (QED) is 0.849. The van der Waals surface area contributed by atoms with E-state index in [0.717, 1.165) is 17.9 Å². The van der Waals surface area contributed by atoms with Crippen molar-refractivity contribution < 1.29 is 14.6 Å². The van der Waals surface area contributed by atoms with E-state index in [1.165, 1.54) is 5.56 Å². The summed E-state index contributed by atoms with van der Waals surface area (Å²) in [4.78, 5) is 0. The van der Waals surface area contributed by atoms with Crippen LogP contribution in [0.4, 0.5) is 0 Å². The summed E-state index contributed by atoms with van der Waals surface area (Å²) in [6.45, 7) is 1.48. The summed E-state index contributed by atoms with van der Waals surface area (Å²) in [5.74, 6) is 1.51. The lowest BCUT2D eigenvalue weighted by molar-refractivity contribution is 0.373. The zero-order chi connectivity index (χ0) is 14.4. The Kier molecular flexibility index (Phi) is 4.85. The highest BCUT2D eigenvalue weighted by molar-refractivity contribution is 5.41. The average molecular weight is 273 g/mol. The number of phenols is 1. The van der Waals surface area contributed by atoms with Gasteiger partial charge in [-0.25, -0.2) is 0 Å². The van der Waals surface area contributed by atoms with Crippen LogP contribution < -0.4 is 14.8 Å². The van der Waals surface area contributed by atoms with Crippen molar-refractivity contribution >= 4 is 0 Å². The van der Waals surface area contributed by atoms with Crippen LogP contribution >= 0.6 is 0 Å². The second-order valence-corrected chi connectivity index (χ2v) is 4.46. The molecule has 20 heavy (non-hydrogen) atoms. The molecule has 0 bridgehead atoms. The first-order valence-corrected chi connectivity index (χ1v) is 6.42. The molecular weight excluding hydrogens is 254 g/mol. The predicted molar refractivity (Wildman–Crippen MR) is 78.2 cm³/mol. The van der Waals surface area contributed by atoms with Gasteiger partial charge in [0.1, 0.15) is 5.75 Å². The molecule has 0 saturated heterocycles. The van der Waals surface area contributed by atoms with Crippen molar-refractivity contribution in [2.75, 3.05) is 14.2 Å². The Morgan fingerprint density at radius 3 is 2.20 bits per heavy atom. The van der Waals surface area contributed by atoms with Gasteiger partial charge in [-0.3, -0.25) is 0 Å². The lowest BCUT2D eigenvalue weighted by Crippen LogP contribution is -2.12. The Labute approximate surface area is 119 Å². The molecule has 4 heteroatoms. The maximum Gasteiger partial charge on any atom is 0.160 e. The maximum atomic E-state index is 9.53. The van der Waals surface area contributed by atoms with Gasteiger partial charge in [-0.05, 0) is 35.4 Å². The first-order valence-electron chi connectivity index (χ1n) is 6.42. The third-order valence-electron chi connectivity index (χ3n) is 3.06. The molecular formula is C16H19NO3. The molecule has 0 heterocycles. The van der Waals surface area contributed by atoms with Gasteiger partial charge in [-0.1, -0.05) is 18.2 Å². The lowest BCUT2D eigenvalue weighted by Gasteiger charge is -2.08. The normalized spacial score (nSPS) is 10.3. The Hall–Kier alpha value is -2.20. The highest BCUT2D eigenvalue weighted by atomic mass is 16.5. The van der Waals surface area contributed by atoms with Gasteiger partial charge in [-0.15, -0.1) is 0 Å². The van der Waals surface area contributed by atoms with Crippen LogP contribution in [0.5, 0.6) is 17.2 Å². The van der Waals surface area contributed by atoms with Crippen molar-refractivity contribution in [1.82, 2.24) is 5.32 Å². The molecule has 0 spiro atoms. The predicted octanol–water partition coefficient (Wildman–Crippen LogP) is 2.70. The number of rotatable bonds is 6. The van der Waals surface area contributed by atoms with E-state index < -0.39 is 0 Å². The molecule has 2 N–H and O–H groups in total. The molecule has 2 aromatic carbocycles. The van der Waals surface area contributed by atoms with E-state index in [0.29, 0.717) is 12.3 Å². The molecule has 0 aliphatic rings. The van der Waals surface area contributed by atoms with Gasteiger partial charge in [-0.2, -0.15) is 0 Å². The largest absolute Gasteiger partial charge is 0.504 e. The van der Waals surface area contributed by atoms with E-state index in [2.05, 4.69) is 5.32 Å². The zero-order valence-corrected chi connectivity index (χ0v) is 11.7. The molecule has 0 atom stereocenters. The van der Waals surface area contributed by atoms with Gasteiger partial charge in [0.2, 0.25) is 0 Å². The van der Waals surface area contributed by atoms with Gasteiger partial charge < -0.3 is 19.9 Å². The van der Waals surface area contributed by atoms with Gasteiger partial charge >= 0.3 is 0 Å². The fourth-order valence-electron chi connectivity index (χ4n) is 1.93. The first-order chi connectivity index (χ1) is 9.72. The Morgan fingerprint density at radius 1 is 0.900 bits per heavy atom. The molecule has 0 unspecified atom stereocenters. The van der Waals surface area contributed by atoms with Crippen LogP contribution in [0.3, 0.4) is 0 Å². The third kappa shape index (κ3) is 3.65. The van der Waals surface area contributed by atoms with Crippen LogP contribution in [0.2, 0.25) is 0 Å². The standard InChI is InChI=1S/C16H19NO3/c1-19-14-6-3-12(4-7-14)10-17-11-13-5-8-15(18)16(9-13)20-2/h3-9,17-18H,10-11H2,1-2H3. The van der Waals surface area contributed by atoms with E-state index in [-0.39, 0.29) is 5.75 Å². The van der Waals surface area contributed by atoms with E-state index in [9.17, 15) is 5.11 Å². The molecule has 0 saturated carbocycles. The van der Waals surface area contributed by atoms with Crippen molar-refractivity contribution in [2.45, 2.75) is 13.1 Å². The summed E-state index contributed by atoms with van der Waals surface area (Å²) in [5, 5.41) is 12.9. The van der Waals surface area contributed by atoms with Crippen LogP contribution in [0.25, 0.3) is 0 Å². The Morgan fingerprint density at radius 2 is 1.55 bits per heavy atom. The molecule has 0 aliphatic heterocycles. The van der Waals surface area contributed by atoms with Gasteiger partial charge in [0.25, 0.3) is 0 Å². The number of methoxy groups -OCH3 is 2. The lowest BCUT2D eigenvalue weighted by atomic mass is 10.2. The second-order valence-electron chi connectivity index (χ2n) is 4.46. The Bertz CT molecular complexity index is 552. The summed E-state index contributed by atoms with van der Waals surface area (Å²) in [6, 6.07) is 13.3. The van der Waals surface area contributed by atoms with Crippen molar-refractivity contribution in [2.24, 2.45) is 0 Å². The molecule has 106 valence electrons. The minimum atomic E-state index is 0.159. The van der Waals surface area contributed by atoms with E-state index in [1.807, 2.05) is 36.4 Å². The fraction of sp³-hybridized carbons (Fsp3) is 0.250. The smallest absolute Gasteiger partial charge is 0.160 e. The van der Waals surface area contributed by atoms with Gasteiger partial charge in [0.05, 0.1) is 14.2 Å². The second kappa shape index (κ2) is 6.82. The van der Waals surface area contributed by atoms with Crippen LogP contribution in [0.15, 0.2) is 42.5 Å². The van der Waals surface area contributed by atoms with Crippen molar-refractivity contribution in [1.29, 1.82) is 0 Å². The molecule has 2 aromatic rings. The van der Waals surface area contributed by atoms with Crippen LogP contribution in [0, 0.1) is 0 Å². The highest BCUT2D eigenvalue weighted by Gasteiger charge is 2.02. The topological polar surface area (TPSA) is 50.7 Å². The fourth-order valence-corrected chi connectivity index (χ4v) is 1.93. The number of aromatic hydroxyl groups is 1. The molecule has 0 radical (unpaired) electrons. The summed E-state index contributed by atoms with van der Waals surface area (Å²) in [5.41, 5.74) is 2.25. The minimum absolute atomic E-state index is 0.159. The maximum absolute atomic E-state index is 9.53. The van der Waals surface area contributed by atoms with Gasteiger partial charge in [0.15, 0.2) is 11.5 Å². The van der Waals surface area contributed by atoms with E-state index >= 15 is 0 Å². The van der Waals surface area contributed by atoms with Crippen molar-refractivity contribution in [3.8, 4) is 17.2 Å². The monoisotopic (exact) mass is 273 g/mol. The SMILES string of the molecule is COc1ccc(CNCc2ccc(O)c(OC)c2)cc1. The zero-order valence-electron chi connectivity index (χ0n) is 11.7. The van der Waals surface area contributed by atoms with Crippen molar-refractivity contribution in [3.63, 3.8) is 0 Å². The van der Waals surface area contributed by atoms with E-state index in [1.54, 1.807) is 20.3 Å². The average Bonchev–Trinajstić information content (AvgIpc) is 2.49. The third-order valence-corrected chi connectivity index (χ3v) is 3.06. The summed E-state index contributed by atoms with van der Waals surface area (Å²) in [7, 11) is 3.20. The van der Waals surface area contributed by atoms with Crippen LogP contribution in [0.1, 0.15) is 11.1 Å². The molecule has 2 rings (SSSR count). The van der Waals surface area contributed by atoms with Crippen molar-refractivity contribution in [3.05, 3.63) is 53.6 Å². The number of hydrogen-bond acceptors (Lipinski definition) is 4. The highest BCUT2D eigenvalue weighted by Crippen LogP contribution is 2.26. The summed E-state index contributed by atoms with van der Waals surface area (Å²) in [6.07, 6.45) is 0. The minimum Gasteiger partial charge on any atom is -0.504 e. The van der Waals surface area contributed by atoms with Crippen LogP contribution in [-0.2, 0) is 13.1 Å². The molecule has 4 nitrogen and oxygen atoms in total. The van der Waals surface area contributed by atoms with Crippen LogP contribution in [-0.4, -0.2) is 19.3 Å².